The first-order valence-electron chi connectivity index (χ1n) is 5.46. The first-order valence-corrected chi connectivity index (χ1v) is 5.46. The lowest BCUT2D eigenvalue weighted by Gasteiger charge is -2.21. The topological polar surface area (TPSA) is 72.6 Å². The maximum atomic E-state index is 10.8. The largest absolute Gasteiger partial charge is 0.484 e. The number of aliphatic hydroxyl groups is 1. The van der Waals surface area contributed by atoms with Gasteiger partial charge in [0.1, 0.15) is 6.61 Å². The van der Waals surface area contributed by atoms with Crippen LogP contribution >= 0.6 is 0 Å². The van der Waals surface area contributed by atoms with Crippen LogP contribution in [0.25, 0.3) is 0 Å². The number of hydrogen-bond acceptors (Lipinski definition) is 4. The smallest absolute Gasteiger partial charge is 0.311 e. The van der Waals surface area contributed by atoms with Crippen molar-refractivity contribution in [2.45, 2.75) is 32.8 Å². The molecule has 1 unspecified atom stereocenters. The van der Waals surface area contributed by atoms with E-state index in [4.69, 9.17) is 4.74 Å². The molecule has 0 radical (unpaired) electrons. The third-order valence-corrected chi connectivity index (χ3v) is 2.68. The Hall–Kier alpha value is -1.62. The lowest BCUT2D eigenvalue weighted by Crippen LogP contribution is -2.31. The summed E-state index contributed by atoms with van der Waals surface area (Å²) < 4.78 is 5.39. The number of aryl methyl sites for hydroxylation is 1. The van der Waals surface area contributed by atoms with E-state index in [1.54, 1.807) is 26.0 Å². The number of benzene rings is 1. The molecule has 0 aliphatic carbocycles. The Kier molecular flexibility index (Phi) is 4.07. The van der Waals surface area contributed by atoms with Crippen LogP contribution in [0.3, 0.4) is 0 Å². The van der Waals surface area contributed by atoms with Gasteiger partial charge in [-0.3, -0.25) is 10.1 Å². The van der Waals surface area contributed by atoms with E-state index in [1.807, 2.05) is 6.92 Å². The molecule has 5 nitrogen and oxygen atoms in total. The second-order valence-corrected chi connectivity index (χ2v) is 4.32. The van der Waals surface area contributed by atoms with Gasteiger partial charge in [0.2, 0.25) is 0 Å². The number of nitro groups is 1. The van der Waals surface area contributed by atoms with Crippen molar-refractivity contribution in [3.8, 4) is 5.75 Å². The maximum absolute atomic E-state index is 10.8. The molecule has 0 aliphatic rings. The molecule has 0 spiro atoms. The Labute approximate surface area is 100 Å². The van der Waals surface area contributed by atoms with Crippen LogP contribution < -0.4 is 4.74 Å². The second kappa shape index (κ2) is 5.14. The quantitative estimate of drug-likeness (QED) is 0.632. The van der Waals surface area contributed by atoms with E-state index in [9.17, 15) is 15.2 Å². The van der Waals surface area contributed by atoms with E-state index in [0.717, 1.165) is 0 Å². The monoisotopic (exact) mass is 239 g/mol. The second-order valence-electron chi connectivity index (χ2n) is 4.32. The van der Waals surface area contributed by atoms with Gasteiger partial charge >= 0.3 is 5.69 Å². The molecule has 5 heteroatoms. The first-order chi connectivity index (χ1) is 7.87. The van der Waals surface area contributed by atoms with Gasteiger partial charge in [-0.15, -0.1) is 0 Å². The summed E-state index contributed by atoms with van der Waals surface area (Å²) >= 11 is 0. The van der Waals surface area contributed by atoms with Crippen LogP contribution in [0.1, 0.15) is 25.8 Å². The molecule has 0 aliphatic heterocycles. The van der Waals surface area contributed by atoms with Crippen molar-refractivity contribution in [1.82, 2.24) is 0 Å². The van der Waals surface area contributed by atoms with Crippen LogP contribution in [0, 0.1) is 17.0 Å². The summed E-state index contributed by atoms with van der Waals surface area (Å²) in [5.74, 6) is 0.228. The zero-order chi connectivity index (χ0) is 13.1. The lowest BCUT2D eigenvalue weighted by molar-refractivity contribution is -0.386. The Balaban J connectivity index is 2.94. The fourth-order valence-electron chi connectivity index (χ4n) is 1.30. The SMILES string of the molecule is CCC(C)(O)COc1c(C)cccc1[N+](=O)[O-]. The molecule has 1 rings (SSSR count). The molecular formula is C12H17NO4. The van der Waals surface area contributed by atoms with Crippen LogP contribution in [0.4, 0.5) is 5.69 Å². The summed E-state index contributed by atoms with van der Waals surface area (Å²) in [4.78, 5) is 10.3. The fourth-order valence-corrected chi connectivity index (χ4v) is 1.30. The van der Waals surface area contributed by atoms with Gasteiger partial charge in [-0.05, 0) is 25.8 Å². The van der Waals surface area contributed by atoms with Gasteiger partial charge in [0.15, 0.2) is 5.75 Å². The average molecular weight is 239 g/mol. The van der Waals surface area contributed by atoms with E-state index in [0.29, 0.717) is 12.0 Å². The van der Waals surface area contributed by atoms with Crippen molar-refractivity contribution < 1.29 is 14.8 Å². The van der Waals surface area contributed by atoms with Gasteiger partial charge in [0, 0.05) is 6.07 Å². The summed E-state index contributed by atoms with van der Waals surface area (Å²) in [5, 5.41) is 20.6. The number of ether oxygens (including phenoxy) is 1. The van der Waals surface area contributed by atoms with Crippen molar-refractivity contribution >= 4 is 5.69 Å². The van der Waals surface area contributed by atoms with Crippen molar-refractivity contribution in [3.63, 3.8) is 0 Å². The molecule has 0 fully saturated rings. The first kappa shape index (κ1) is 13.4. The zero-order valence-electron chi connectivity index (χ0n) is 10.3. The van der Waals surface area contributed by atoms with E-state index >= 15 is 0 Å². The minimum atomic E-state index is -0.976. The number of nitro benzene ring substituents is 1. The summed E-state index contributed by atoms with van der Waals surface area (Å²) in [7, 11) is 0. The number of nitrogens with zero attached hydrogens (tertiary/aromatic N) is 1. The normalized spacial score (nSPS) is 14.1. The molecule has 17 heavy (non-hydrogen) atoms. The van der Waals surface area contributed by atoms with Gasteiger partial charge in [-0.1, -0.05) is 19.1 Å². The molecular weight excluding hydrogens is 222 g/mol. The molecule has 1 N–H and O–H groups in total. The Bertz CT molecular complexity index is 415. The van der Waals surface area contributed by atoms with E-state index in [2.05, 4.69) is 0 Å². The molecule has 1 atom stereocenters. The van der Waals surface area contributed by atoms with E-state index < -0.39 is 10.5 Å². The standard InChI is InChI=1S/C12H17NO4/c1-4-12(3,14)8-17-11-9(2)6-5-7-10(11)13(15)16/h5-7,14H,4,8H2,1-3H3. The molecule has 0 aromatic heterocycles. The average Bonchev–Trinajstić information content (AvgIpc) is 2.27. The van der Waals surface area contributed by atoms with Crippen molar-refractivity contribution in [3.05, 3.63) is 33.9 Å². The maximum Gasteiger partial charge on any atom is 0.311 e. The molecule has 0 amide bonds. The highest BCUT2D eigenvalue weighted by Crippen LogP contribution is 2.31. The van der Waals surface area contributed by atoms with Gasteiger partial charge in [0.05, 0.1) is 10.5 Å². The Morgan fingerprint density at radius 2 is 2.18 bits per heavy atom. The fraction of sp³-hybridized carbons (Fsp3) is 0.500. The molecule has 1 aromatic carbocycles. The number of hydrogen-bond donors (Lipinski definition) is 1. The Morgan fingerprint density at radius 3 is 2.71 bits per heavy atom. The van der Waals surface area contributed by atoms with Crippen LogP contribution in [0.5, 0.6) is 5.75 Å². The molecule has 0 saturated heterocycles. The van der Waals surface area contributed by atoms with Crippen LogP contribution in [-0.2, 0) is 0 Å². The summed E-state index contributed by atoms with van der Waals surface area (Å²) in [6.07, 6.45) is 0.521. The molecule has 94 valence electrons. The third kappa shape index (κ3) is 3.42. The highest BCUT2D eigenvalue weighted by molar-refractivity contribution is 5.51. The molecule has 0 bridgehead atoms. The van der Waals surface area contributed by atoms with Crippen molar-refractivity contribution in [2.24, 2.45) is 0 Å². The van der Waals surface area contributed by atoms with Gasteiger partial charge < -0.3 is 9.84 Å². The minimum Gasteiger partial charge on any atom is -0.484 e. The predicted octanol–water partition coefficient (Wildman–Crippen LogP) is 2.44. The van der Waals surface area contributed by atoms with Crippen LogP contribution in [-0.4, -0.2) is 22.2 Å². The van der Waals surface area contributed by atoms with Gasteiger partial charge in [-0.2, -0.15) is 0 Å². The third-order valence-electron chi connectivity index (χ3n) is 2.68. The van der Waals surface area contributed by atoms with Crippen LogP contribution in [0.2, 0.25) is 0 Å². The lowest BCUT2D eigenvalue weighted by atomic mass is 10.1. The zero-order valence-corrected chi connectivity index (χ0v) is 10.3. The highest BCUT2D eigenvalue weighted by Gasteiger charge is 2.22. The summed E-state index contributed by atoms with van der Waals surface area (Å²) in [6.45, 7) is 5.24. The number of rotatable bonds is 5. The van der Waals surface area contributed by atoms with Crippen molar-refractivity contribution in [1.29, 1.82) is 0 Å². The highest BCUT2D eigenvalue weighted by atomic mass is 16.6. The molecule has 0 saturated carbocycles. The predicted molar refractivity (Wildman–Crippen MR) is 64.2 cm³/mol. The Morgan fingerprint density at radius 1 is 1.53 bits per heavy atom. The van der Waals surface area contributed by atoms with Crippen LogP contribution in [0.15, 0.2) is 18.2 Å². The van der Waals surface area contributed by atoms with Gasteiger partial charge in [0.25, 0.3) is 0 Å². The van der Waals surface area contributed by atoms with E-state index in [-0.39, 0.29) is 18.0 Å². The summed E-state index contributed by atoms with van der Waals surface area (Å²) in [6, 6.07) is 4.74. The molecule has 1 aromatic rings. The minimum absolute atomic E-state index is 0.0369. The number of para-hydroxylation sites is 1. The van der Waals surface area contributed by atoms with Gasteiger partial charge in [-0.25, -0.2) is 0 Å². The van der Waals surface area contributed by atoms with E-state index in [1.165, 1.54) is 6.07 Å². The molecule has 0 heterocycles. The van der Waals surface area contributed by atoms with Crippen molar-refractivity contribution in [2.75, 3.05) is 6.61 Å². The summed E-state index contributed by atoms with van der Waals surface area (Å²) in [5.41, 5.74) is -0.362.